The van der Waals surface area contributed by atoms with Crippen molar-refractivity contribution in [3.63, 3.8) is 0 Å². The van der Waals surface area contributed by atoms with Gasteiger partial charge in [0.15, 0.2) is 0 Å². The van der Waals surface area contributed by atoms with Crippen LogP contribution in [0, 0.1) is 22.0 Å². The minimum Gasteiger partial charge on any atom is -0.378 e. The van der Waals surface area contributed by atoms with Gasteiger partial charge in [-0.25, -0.2) is 4.98 Å². The first-order valence-corrected chi connectivity index (χ1v) is 8.37. The normalized spacial score (nSPS) is 30.8. The Labute approximate surface area is 134 Å². The number of hydrogen-bond donors (Lipinski definition) is 1. The third-order valence-corrected chi connectivity index (χ3v) is 5.75. The van der Waals surface area contributed by atoms with E-state index in [1.54, 1.807) is 0 Å². The topological polar surface area (TPSA) is 101 Å². The van der Waals surface area contributed by atoms with E-state index in [4.69, 9.17) is 5.73 Å². The van der Waals surface area contributed by atoms with Gasteiger partial charge in [-0.15, -0.1) is 0 Å². The molecule has 3 unspecified atom stereocenters. The predicted octanol–water partition coefficient (Wildman–Crippen LogP) is 1.28. The molecule has 1 saturated heterocycles. The van der Waals surface area contributed by atoms with Crippen LogP contribution in [0.25, 0.3) is 0 Å². The second-order valence-corrected chi connectivity index (χ2v) is 6.96. The molecule has 0 amide bonds. The van der Waals surface area contributed by atoms with Gasteiger partial charge in [-0.2, -0.15) is 4.98 Å². The monoisotopic (exact) mass is 318 g/mol. The Morgan fingerprint density at radius 3 is 2.57 bits per heavy atom. The fraction of sp³-hybridized carbons (Fsp3) is 0.733. The summed E-state index contributed by atoms with van der Waals surface area (Å²) in [5.41, 5.74) is 5.44. The zero-order valence-electron chi connectivity index (χ0n) is 13.1. The predicted molar refractivity (Wildman–Crippen MR) is 86.1 cm³/mol. The molecule has 1 aromatic heterocycles. The molecule has 0 radical (unpaired) electrons. The number of rotatable bonds is 3. The van der Waals surface area contributed by atoms with E-state index in [0.717, 1.165) is 44.1 Å². The number of nitrogens with zero attached hydrogens (tertiary/aromatic N) is 5. The molecule has 2 heterocycles. The molecule has 0 spiro atoms. The molecule has 8 heteroatoms. The maximum absolute atomic E-state index is 10.8. The van der Waals surface area contributed by atoms with Crippen molar-refractivity contribution in [2.24, 2.45) is 11.8 Å². The van der Waals surface area contributed by atoms with Crippen molar-refractivity contribution < 1.29 is 4.92 Å². The molecule has 3 aliphatic rings. The summed E-state index contributed by atoms with van der Waals surface area (Å²) in [4.78, 5) is 23.2. The van der Waals surface area contributed by atoms with Gasteiger partial charge in [-0.3, -0.25) is 15.0 Å². The molecule has 2 bridgehead atoms. The minimum absolute atomic E-state index is 0.0597. The summed E-state index contributed by atoms with van der Waals surface area (Å²) in [6, 6.07) is 0.763. The molecule has 4 rings (SSSR count). The molecule has 0 aromatic carbocycles. The average molecular weight is 318 g/mol. The maximum atomic E-state index is 10.8. The maximum Gasteiger partial charge on any atom is 0.329 e. The second kappa shape index (κ2) is 5.59. The van der Waals surface area contributed by atoms with Crippen LogP contribution in [0.15, 0.2) is 6.20 Å². The summed E-state index contributed by atoms with van der Waals surface area (Å²) >= 11 is 0. The molecule has 23 heavy (non-hydrogen) atoms. The number of piperazine rings is 1. The van der Waals surface area contributed by atoms with Crippen molar-refractivity contribution in [3.05, 3.63) is 16.3 Å². The fourth-order valence-electron chi connectivity index (χ4n) is 4.58. The summed E-state index contributed by atoms with van der Waals surface area (Å²) in [7, 11) is 0. The number of hydrogen-bond acceptors (Lipinski definition) is 7. The van der Waals surface area contributed by atoms with Crippen molar-refractivity contribution in [1.82, 2.24) is 14.9 Å². The molecular formula is C15H22N6O2. The summed E-state index contributed by atoms with van der Waals surface area (Å²) in [6.07, 6.45) is 6.83. The summed E-state index contributed by atoms with van der Waals surface area (Å²) in [5, 5.41) is 10.8. The van der Waals surface area contributed by atoms with E-state index in [2.05, 4.69) is 19.8 Å². The van der Waals surface area contributed by atoms with Gasteiger partial charge < -0.3 is 10.6 Å². The number of fused-ring (bicyclic) bond motifs is 2. The fourth-order valence-corrected chi connectivity index (χ4v) is 4.58. The molecule has 3 atom stereocenters. The van der Waals surface area contributed by atoms with E-state index in [1.807, 2.05) is 0 Å². The van der Waals surface area contributed by atoms with Crippen LogP contribution < -0.4 is 10.6 Å². The first kappa shape index (κ1) is 14.6. The van der Waals surface area contributed by atoms with Gasteiger partial charge in [0, 0.05) is 32.2 Å². The smallest absolute Gasteiger partial charge is 0.329 e. The highest BCUT2D eigenvalue weighted by molar-refractivity contribution is 5.53. The van der Waals surface area contributed by atoms with Crippen molar-refractivity contribution in [2.75, 3.05) is 36.8 Å². The Morgan fingerprint density at radius 2 is 2.00 bits per heavy atom. The van der Waals surface area contributed by atoms with Gasteiger partial charge in [-0.05, 0) is 31.1 Å². The summed E-state index contributed by atoms with van der Waals surface area (Å²) in [6.45, 7) is 3.72. The van der Waals surface area contributed by atoms with Crippen molar-refractivity contribution >= 4 is 17.5 Å². The lowest BCUT2D eigenvalue weighted by atomic mass is 9.93. The molecule has 2 N–H and O–H groups in total. The van der Waals surface area contributed by atoms with Crippen LogP contribution in [0.3, 0.4) is 0 Å². The quantitative estimate of drug-likeness (QED) is 0.661. The lowest BCUT2D eigenvalue weighted by molar-refractivity contribution is -0.384. The Balaban J connectivity index is 1.40. The van der Waals surface area contributed by atoms with E-state index >= 15 is 0 Å². The average Bonchev–Trinajstić information content (AvgIpc) is 3.17. The van der Waals surface area contributed by atoms with Crippen LogP contribution in [-0.2, 0) is 0 Å². The first-order valence-electron chi connectivity index (χ1n) is 8.37. The van der Waals surface area contributed by atoms with Crippen molar-refractivity contribution in [2.45, 2.75) is 31.7 Å². The first-order chi connectivity index (χ1) is 11.1. The number of nitrogen functional groups attached to an aromatic ring is 1. The van der Waals surface area contributed by atoms with E-state index in [-0.39, 0.29) is 11.5 Å². The van der Waals surface area contributed by atoms with Crippen molar-refractivity contribution in [1.29, 1.82) is 0 Å². The highest BCUT2D eigenvalue weighted by Gasteiger charge is 2.42. The largest absolute Gasteiger partial charge is 0.378 e. The molecule has 3 fully saturated rings. The van der Waals surface area contributed by atoms with Crippen LogP contribution in [0.5, 0.6) is 0 Å². The Kier molecular flexibility index (Phi) is 3.56. The number of nitro groups is 1. The highest BCUT2D eigenvalue weighted by Crippen LogP contribution is 2.46. The standard InChI is InChI=1S/C15H22N6O2/c16-14-13(21(22)23)9-17-15(18-14)20-5-3-19(4-6-20)12-8-10-1-2-11(12)7-10/h9-12H,1-8H2,(H2,16,17,18). The molecule has 1 aromatic rings. The molecule has 2 aliphatic carbocycles. The molecule has 1 aliphatic heterocycles. The molecular weight excluding hydrogens is 296 g/mol. The molecule has 8 nitrogen and oxygen atoms in total. The molecule has 124 valence electrons. The van der Waals surface area contributed by atoms with Crippen LogP contribution >= 0.6 is 0 Å². The van der Waals surface area contributed by atoms with Gasteiger partial charge in [0.1, 0.15) is 6.20 Å². The second-order valence-electron chi connectivity index (χ2n) is 6.96. The van der Waals surface area contributed by atoms with Crippen LogP contribution in [0.1, 0.15) is 25.7 Å². The van der Waals surface area contributed by atoms with E-state index < -0.39 is 4.92 Å². The third kappa shape index (κ3) is 2.60. The van der Waals surface area contributed by atoms with Gasteiger partial charge in [0.2, 0.25) is 11.8 Å². The lowest BCUT2D eigenvalue weighted by Gasteiger charge is -2.41. The van der Waals surface area contributed by atoms with Gasteiger partial charge in [0.25, 0.3) is 0 Å². The summed E-state index contributed by atoms with van der Waals surface area (Å²) in [5.74, 6) is 2.30. The lowest BCUT2D eigenvalue weighted by Crippen LogP contribution is -2.52. The minimum atomic E-state index is -0.549. The zero-order chi connectivity index (χ0) is 16.0. The van der Waals surface area contributed by atoms with E-state index in [0.29, 0.717) is 5.95 Å². The van der Waals surface area contributed by atoms with Crippen molar-refractivity contribution in [3.8, 4) is 0 Å². The summed E-state index contributed by atoms with van der Waals surface area (Å²) < 4.78 is 0. The highest BCUT2D eigenvalue weighted by atomic mass is 16.6. The van der Waals surface area contributed by atoms with Gasteiger partial charge in [-0.1, -0.05) is 6.42 Å². The van der Waals surface area contributed by atoms with E-state index in [1.165, 1.54) is 31.9 Å². The number of anilines is 2. The third-order valence-electron chi connectivity index (χ3n) is 5.75. The van der Waals surface area contributed by atoms with E-state index in [9.17, 15) is 10.1 Å². The number of aromatic nitrogens is 2. The van der Waals surface area contributed by atoms with Gasteiger partial charge in [0.05, 0.1) is 4.92 Å². The number of nitrogens with two attached hydrogens (primary N) is 1. The van der Waals surface area contributed by atoms with Crippen LogP contribution in [0.4, 0.5) is 17.5 Å². The zero-order valence-corrected chi connectivity index (χ0v) is 13.1. The van der Waals surface area contributed by atoms with Crippen LogP contribution in [0.2, 0.25) is 0 Å². The van der Waals surface area contributed by atoms with Gasteiger partial charge >= 0.3 is 5.69 Å². The Morgan fingerprint density at radius 1 is 1.22 bits per heavy atom. The van der Waals surface area contributed by atoms with Crippen LogP contribution in [-0.4, -0.2) is 52.0 Å². The Bertz CT molecular complexity index is 616. The Hall–Kier alpha value is -1.96. The molecule has 2 saturated carbocycles. The SMILES string of the molecule is Nc1nc(N2CCN(C3CC4CCC3C4)CC2)ncc1[N+](=O)[O-].